The Kier molecular flexibility index (Phi) is 6.88. The van der Waals surface area contributed by atoms with Crippen LogP contribution in [0.1, 0.15) is 68.0 Å². The minimum absolute atomic E-state index is 0.0577. The summed E-state index contributed by atoms with van der Waals surface area (Å²) in [5, 5.41) is 4.36. The third kappa shape index (κ3) is 5.17. The highest BCUT2D eigenvalue weighted by Crippen LogP contribution is 2.57. The number of pyridine rings is 1. The van der Waals surface area contributed by atoms with E-state index in [0.717, 1.165) is 36.2 Å². The molecule has 42 heavy (non-hydrogen) atoms. The smallest absolute Gasteiger partial charge is 0.269 e. The van der Waals surface area contributed by atoms with E-state index >= 15 is 0 Å². The molecule has 6 rings (SSSR count). The second-order valence-corrected chi connectivity index (χ2v) is 11.0. The number of hydrogen-bond donors (Lipinski definition) is 2. The standard InChI is InChI=1S/C31H26F3N5O3/c32-19-7-15(8-20(33)13-19)6-18(28-22(2-1-5-37-28)16-3-4-25(34)24(10-16)30(35)41)9-21(40)14-39-26-12-17-11-23(17)27(26)29(38-39)31(36)42/h1-5,7-8,10,13,17-18,23H,6,9,11-12,14H2,(H2,35,41)(H2,36,42)/t17?,18-,23?/m1/s1. The van der Waals surface area contributed by atoms with Gasteiger partial charge in [-0.05, 0) is 72.6 Å². The van der Waals surface area contributed by atoms with Crippen LogP contribution in [0.3, 0.4) is 0 Å². The number of rotatable bonds is 10. The number of Topliss-reactive ketones (excluding diaryl/α,β-unsaturated/α-hetero) is 1. The Morgan fingerprint density at radius 2 is 1.76 bits per heavy atom. The lowest BCUT2D eigenvalue weighted by Gasteiger charge is -2.20. The van der Waals surface area contributed by atoms with Gasteiger partial charge in [0.05, 0.1) is 17.8 Å². The van der Waals surface area contributed by atoms with Crippen LogP contribution in [0.15, 0.2) is 54.7 Å². The third-order valence-corrected chi connectivity index (χ3v) is 8.05. The summed E-state index contributed by atoms with van der Waals surface area (Å²) < 4.78 is 44.0. The van der Waals surface area contributed by atoms with Crippen molar-refractivity contribution in [2.24, 2.45) is 17.4 Å². The molecule has 0 saturated heterocycles. The molecule has 1 fully saturated rings. The van der Waals surface area contributed by atoms with Crippen LogP contribution in [0.5, 0.6) is 0 Å². The highest BCUT2D eigenvalue weighted by molar-refractivity contribution is 5.95. The molecule has 11 heteroatoms. The molecule has 0 radical (unpaired) electrons. The summed E-state index contributed by atoms with van der Waals surface area (Å²) in [4.78, 5) is 41.9. The number of nitrogens with zero attached hydrogens (tertiary/aromatic N) is 3. The van der Waals surface area contributed by atoms with Gasteiger partial charge in [0.15, 0.2) is 11.5 Å². The summed E-state index contributed by atoms with van der Waals surface area (Å²) >= 11 is 0. The Hall–Kier alpha value is -4.80. The maximum absolute atomic E-state index is 14.2. The number of hydrogen-bond acceptors (Lipinski definition) is 5. The van der Waals surface area contributed by atoms with Crippen molar-refractivity contribution in [2.75, 3.05) is 0 Å². The van der Waals surface area contributed by atoms with Gasteiger partial charge in [0, 0.05) is 41.4 Å². The first kappa shape index (κ1) is 27.4. The SMILES string of the molecule is NC(=O)c1cc(-c2cccnc2[C@@H](CC(=O)Cn2nc(C(N)=O)c3c2CC2CC32)Cc2cc(F)cc(F)c2)ccc1F. The molecule has 2 amide bonds. The number of ketones is 1. The first-order valence-electron chi connectivity index (χ1n) is 13.5. The van der Waals surface area contributed by atoms with Crippen LogP contribution in [0.4, 0.5) is 13.2 Å². The van der Waals surface area contributed by atoms with Crippen LogP contribution in [-0.4, -0.2) is 32.4 Å². The molecule has 0 bridgehead atoms. The van der Waals surface area contributed by atoms with Crippen LogP contribution in [0.25, 0.3) is 11.1 Å². The van der Waals surface area contributed by atoms with Crippen molar-refractivity contribution in [3.63, 3.8) is 0 Å². The van der Waals surface area contributed by atoms with Crippen molar-refractivity contribution in [1.29, 1.82) is 0 Å². The van der Waals surface area contributed by atoms with E-state index in [4.69, 9.17) is 11.5 Å². The highest BCUT2D eigenvalue weighted by Gasteiger charge is 2.50. The van der Waals surface area contributed by atoms with E-state index in [1.807, 2.05) is 0 Å². The monoisotopic (exact) mass is 573 g/mol. The number of benzene rings is 2. The molecule has 1 saturated carbocycles. The number of amides is 2. The molecule has 3 atom stereocenters. The number of carbonyl (C=O) groups excluding carboxylic acids is 3. The number of carbonyl (C=O) groups is 3. The summed E-state index contributed by atoms with van der Waals surface area (Å²) in [5.74, 6) is -4.10. The molecule has 8 nitrogen and oxygen atoms in total. The zero-order chi connectivity index (χ0) is 29.7. The van der Waals surface area contributed by atoms with Crippen LogP contribution in [0, 0.1) is 23.4 Å². The largest absolute Gasteiger partial charge is 0.366 e. The van der Waals surface area contributed by atoms with Gasteiger partial charge in [-0.25, -0.2) is 13.2 Å². The fourth-order valence-corrected chi connectivity index (χ4v) is 6.16. The van der Waals surface area contributed by atoms with Gasteiger partial charge in [0.2, 0.25) is 0 Å². The van der Waals surface area contributed by atoms with E-state index in [-0.39, 0.29) is 42.3 Å². The van der Waals surface area contributed by atoms with Crippen molar-refractivity contribution in [2.45, 2.75) is 44.1 Å². The molecule has 2 aromatic heterocycles. The normalized spacial score (nSPS) is 17.4. The quantitative estimate of drug-likeness (QED) is 0.293. The van der Waals surface area contributed by atoms with Gasteiger partial charge >= 0.3 is 0 Å². The summed E-state index contributed by atoms with van der Waals surface area (Å²) in [6.07, 6.45) is 3.19. The number of halogens is 3. The zero-order valence-electron chi connectivity index (χ0n) is 22.3. The van der Waals surface area contributed by atoms with Gasteiger partial charge in [-0.2, -0.15) is 5.10 Å². The molecule has 2 heterocycles. The molecule has 2 aromatic carbocycles. The molecule has 214 valence electrons. The Labute approximate surface area is 238 Å². The number of nitrogens with two attached hydrogens (primary N) is 2. The Balaban J connectivity index is 1.36. The van der Waals surface area contributed by atoms with Gasteiger partial charge in [-0.15, -0.1) is 0 Å². The lowest BCUT2D eigenvalue weighted by atomic mass is 9.86. The Morgan fingerprint density at radius 3 is 2.48 bits per heavy atom. The summed E-state index contributed by atoms with van der Waals surface area (Å²) in [6, 6.07) is 10.4. The van der Waals surface area contributed by atoms with E-state index in [1.165, 1.54) is 30.5 Å². The maximum Gasteiger partial charge on any atom is 0.269 e. The Bertz CT molecular complexity index is 1750. The topological polar surface area (TPSA) is 134 Å². The average Bonchev–Trinajstić information content (AvgIpc) is 3.45. The lowest BCUT2D eigenvalue weighted by molar-refractivity contribution is -0.120. The van der Waals surface area contributed by atoms with Crippen molar-refractivity contribution in [3.05, 3.63) is 106 Å². The number of primary amides is 2. The zero-order valence-corrected chi connectivity index (χ0v) is 22.3. The van der Waals surface area contributed by atoms with Gasteiger partial charge < -0.3 is 11.5 Å². The molecular formula is C31H26F3N5O3. The average molecular weight is 574 g/mol. The summed E-state index contributed by atoms with van der Waals surface area (Å²) in [7, 11) is 0. The molecule has 4 N–H and O–H groups in total. The third-order valence-electron chi connectivity index (χ3n) is 8.05. The maximum atomic E-state index is 14.2. The van der Waals surface area contributed by atoms with E-state index in [0.29, 0.717) is 28.3 Å². The minimum Gasteiger partial charge on any atom is -0.366 e. The first-order chi connectivity index (χ1) is 20.1. The number of aromatic nitrogens is 3. The molecule has 0 spiro atoms. The van der Waals surface area contributed by atoms with E-state index in [2.05, 4.69) is 10.1 Å². The fourth-order valence-electron chi connectivity index (χ4n) is 6.16. The lowest BCUT2D eigenvalue weighted by Crippen LogP contribution is -2.20. The van der Waals surface area contributed by atoms with Gasteiger partial charge in [-0.3, -0.25) is 24.0 Å². The van der Waals surface area contributed by atoms with Gasteiger partial charge in [0.25, 0.3) is 11.8 Å². The highest BCUT2D eigenvalue weighted by atomic mass is 19.1. The van der Waals surface area contributed by atoms with E-state index in [9.17, 15) is 27.6 Å². The molecule has 2 aliphatic rings. The van der Waals surface area contributed by atoms with Crippen LogP contribution in [0.2, 0.25) is 0 Å². The van der Waals surface area contributed by atoms with Crippen molar-refractivity contribution in [3.8, 4) is 11.1 Å². The van der Waals surface area contributed by atoms with Crippen LogP contribution in [-0.2, 0) is 24.2 Å². The predicted octanol–water partition coefficient (Wildman–Crippen LogP) is 4.21. The fraction of sp³-hybridized carbons (Fsp3) is 0.258. The van der Waals surface area contributed by atoms with Crippen LogP contribution < -0.4 is 11.5 Å². The molecule has 4 aromatic rings. The Morgan fingerprint density at radius 1 is 1.00 bits per heavy atom. The van der Waals surface area contributed by atoms with Gasteiger partial charge in [0.1, 0.15) is 17.5 Å². The van der Waals surface area contributed by atoms with E-state index < -0.39 is 35.2 Å². The minimum atomic E-state index is -0.943. The van der Waals surface area contributed by atoms with Crippen molar-refractivity contribution >= 4 is 17.6 Å². The van der Waals surface area contributed by atoms with Gasteiger partial charge in [-0.1, -0.05) is 12.1 Å². The van der Waals surface area contributed by atoms with Crippen molar-refractivity contribution < 1.29 is 27.6 Å². The predicted molar refractivity (Wildman–Crippen MR) is 146 cm³/mol. The van der Waals surface area contributed by atoms with Crippen LogP contribution >= 0.6 is 0 Å². The second-order valence-electron chi connectivity index (χ2n) is 11.0. The molecule has 0 aliphatic heterocycles. The van der Waals surface area contributed by atoms with E-state index in [1.54, 1.807) is 16.8 Å². The molecular weight excluding hydrogens is 547 g/mol. The second kappa shape index (κ2) is 10.6. The first-order valence-corrected chi connectivity index (χ1v) is 13.5. The molecule has 2 unspecified atom stereocenters. The van der Waals surface area contributed by atoms with Crippen molar-refractivity contribution in [1.82, 2.24) is 14.8 Å². The molecule has 2 aliphatic carbocycles. The summed E-state index contributed by atoms with van der Waals surface area (Å²) in [5.41, 5.74) is 14.2. The number of fused-ring (bicyclic) bond motifs is 3. The summed E-state index contributed by atoms with van der Waals surface area (Å²) in [6.45, 7) is -0.117.